The summed E-state index contributed by atoms with van der Waals surface area (Å²) in [6.45, 7) is 3.22. The molecule has 2 N–H and O–H groups in total. The van der Waals surface area contributed by atoms with Crippen LogP contribution in [0.4, 0.5) is 5.82 Å². The number of nitrogens with one attached hydrogen (secondary N) is 1. The number of pyridine rings is 1. The number of carbonyl (C=O) groups excluding carboxylic acids is 1. The van der Waals surface area contributed by atoms with Gasteiger partial charge < -0.3 is 15.3 Å². The SMILES string of the molecule is CNc1ncccc1C(=O)N1CCC(C(C)O)CC1. The van der Waals surface area contributed by atoms with Gasteiger partial charge in [-0.2, -0.15) is 0 Å². The molecule has 0 bridgehead atoms. The number of hydrogen-bond acceptors (Lipinski definition) is 4. The van der Waals surface area contributed by atoms with E-state index in [-0.39, 0.29) is 12.0 Å². The van der Waals surface area contributed by atoms with Crippen LogP contribution in [0.15, 0.2) is 18.3 Å². The second-order valence-corrected chi connectivity index (χ2v) is 5.02. The van der Waals surface area contributed by atoms with Crippen LogP contribution in [0.5, 0.6) is 0 Å². The Labute approximate surface area is 113 Å². The summed E-state index contributed by atoms with van der Waals surface area (Å²) in [5, 5.41) is 12.5. The van der Waals surface area contributed by atoms with Crippen molar-refractivity contribution in [1.29, 1.82) is 0 Å². The molecule has 1 aliphatic heterocycles. The van der Waals surface area contributed by atoms with Crippen LogP contribution >= 0.6 is 0 Å². The predicted molar refractivity (Wildman–Crippen MR) is 74.1 cm³/mol. The minimum Gasteiger partial charge on any atom is -0.393 e. The van der Waals surface area contributed by atoms with Crippen molar-refractivity contribution in [3.05, 3.63) is 23.9 Å². The second kappa shape index (κ2) is 6.02. The van der Waals surface area contributed by atoms with Crippen LogP contribution in [0.1, 0.15) is 30.1 Å². The molecule has 1 aliphatic rings. The zero-order valence-corrected chi connectivity index (χ0v) is 11.5. The lowest BCUT2D eigenvalue weighted by atomic mass is 9.92. The molecule has 0 aromatic carbocycles. The Hall–Kier alpha value is -1.62. The van der Waals surface area contributed by atoms with Gasteiger partial charge in [-0.25, -0.2) is 4.98 Å². The van der Waals surface area contributed by atoms with Crippen molar-refractivity contribution in [3.63, 3.8) is 0 Å². The minimum absolute atomic E-state index is 0.0153. The number of aromatic nitrogens is 1. The summed E-state index contributed by atoms with van der Waals surface area (Å²) in [4.78, 5) is 18.4. The van der Waals surface area contributed by atoms with Crippen LogP contribution in [-0.2, 0) is 0 Å². The van der Waals surface area contributed by atoms with Crippen molar-refractivity contribution in [3.8, 4) is 0 Å². The lowest BCUT2D eigenvalue weighted by Crippen LogP contribution is -2.41. The molecule has 1 unspecified atom stereocenters. The van der Waals surface area contributed by atoms with Gasteiger partial charge in [0.25, 0.3) is 5.91 Å². The molecule has 1 aromatic heterocycles. The Balaban J connectivity index is 2.05. The molecule has 1 saturated heterocycles. The van der Waals surface area contributed by atoms with Gasteiger partial charge >= 0.3 is 0 Å². The maximum absolute atomic E-state index is 12.4. The Morgan fingerprint density at radius 3 is 2.79 bits per heavy atom. The molecule has 2 heterocycles. The molecule has 104 valence electrons. The standard InChI is InChI=1S/C14H21N3O2/c1-10(18)11-5-8-17(9-6-11)14(19)12-4-3-7-16-13(12)15-2/h3-4,7,10-11,18H,5-6,8-9H2,1-2H3,(H,15,16). The number of nitrogens with zero attached hydrogens (tertiary/aromatic N) is 2. The van der Waals surface area contributed by atoms with Gasteiger partial charge in [-0.3, -0.25) is 4.79 Å². The lowest BCUT2D eigenvalue weighted by Gasteiger charge is -2.33. The van der Waals surface area contributed by atoms with E-state index in [0.717, 1.165) is 12.8 Å². The number of anilines is 1. The van der Waals surface area contributed by atoms with Gasteiger partial charge in [-0.15, -0.1) is 0 Å². The van der Waals surface area contributed by atoms with Crippen LogP contribution in [0, 0.1) is 5.92 Å². The minimum atomic E-state index is -0.288. The molecule has 5 heteroatoms. The third kappa shape index (κ3) is 3.04. The fraction of sp³-hybridized carbons (Fsp3) is 0.571. The summed E-state index contributed by atoms with van der Waals surface area (Å²) in [5.74, 6) is 0.938. The first kappa shape index (κ1) is 13.8. The summed E-state index contributed by atoms with van der Waals surface area (Å²) in [6.07, 6.45) is 3.10. The number of carbonyl (C=O) groups is 1. The molecule has 0 saturated carbocycles. The second-order valence-electron chi connectivity index (χ2n) is 5.02. The molecular weight excluding hydrogens is 242 g/mol. The molecule has 0 spiro atoms. The molecule has 2 rings (SSSR count). The normalized spacial score (nSPS) is 18.2. The van der Waals surface area contributed by atoms with Crippen LogP contribution in [0.25, 0.3) is 0 Å². The molecule has 1 aromatic rings. The first-order chi connectivity index (χ1) is 9.13. The summed E-state index contributed by atoms with van der Waals surface area (Å²) >= 11 is 0. The third-order valence-corrected chi connectivity index (χ3v) is 3.78. The van der Waals surface area contributed by atoms with Crippen molar-refractivity contribution < 1.29 is 9.90 Å². The predicted octanol–water partition coefficient (Wildman–Crippen LogP) is 1.36. The van der Waals surface area contributed by atoms with Gasteiger partial charge in [0.2, 0.25) is 0 Å². The fourth-order valence-corrected chi connectivity index (χ4v) is 2.53. The molecule has 1 amide bonds. The van der Waals surface area contributed by atoms with E-state index in [2.05, 4.69) is 10.3 Å². The van der Waals surface area contributed by atoms with E-state index in [0.29, 0.717) is 30.4 Å². The first-order valence-corrected chi connectivity index (χ1v) is 6.73. The number of likely N-dealkylation sites (tertiary alicyclic amines) is 1. The highest BCUT2D eigenvalue weighted by molar-refractivity contribution is 5.98. The summed E-state index contributed by atoms with van der Waals surface area (Å²) in [5.41, 5.74) is 0.612. The van der Waals surface area contributed by atoms with Gasteiger partial charge in [0.1, 0.15) is 5.82 Å². The fourth-order valence-electron chi connectivity index (χ4n) is 2.53. The monoisotopic (exact) mass is 263 g/mol. The van der Waals surface area contributed by atoms with Crippen molar-refractivity contribution in [2.24, 2.45) is 5.92 Å². The number of aliphatic hydroxyl groups is 1. The molecule has 5 nitrogen and oxygen atoms in total. The van der Waals surface area contributed by atoms with Crippen molar-refractivity contribution in [2.75, 3.05) is 25.5 Å². The average Bonchev–Trinajstić information content (AvgIpc) is 2.46. The third-order valence-electron chi connectivity index (χ3n) is 3.78. The van der Waals surface area contributed by atoms with E-state index in [1.54, 1.807) is 25.4 Å². The van der Waals surface area contributed by atoms with Gasteiger partial charge in [-0.05, 0) is 37.8 Å². The number of amides is 1. The highest BCUT2D eigenvalue weighted by Gasteiger charge is 2.27. The number of rotatable bonds is 3. The van der Waals surface area contributed by atoms with E-state index < -0.39 is 0 Å². The van der Waals surface area contributed by atoms with E-state index in [1.165, 1.54) is 0 Å². The Morgan fingerprint density at radius 1 is 1.53 bits per heavy atom. The van der Waals surface area contributed by atoms with E-state index in [1.807, 2.05) is 11.8 Å². The zero-order chi connectivity index (χ0) is 13.8. The number of hydrogen-bond donors (Lipinski definition) is 2. The Bertz CT molecular complexity index is 440. The van der Waals surface area contributed by atoms with Crippen LogP contribution < -0.4 is 5.32 Å². The highest BCUT2D eigenvalue weighted by atomic mass is 16.3. The van der Waals surface area contributed by atoms with Crippen molar-refractivity contribution in [2.45, 2.75) is 25.9 Å². The lowest BCUT2D eigenvalue weighted by molar-refractivity contribution is 0.0522. The maximum Gasteiger partial charge on any atom is 0.257 e. The molecule has 19 heavy (non-hydrogen) atoms. The molecule has 0 radical (unpaired) electrons. The van der Waals surface area contributed by atoms with E-state index in [4.69, 9.17) is 0 Å². The van der Waals surface area contributed by atoms with Gasteiger partial charge in [0.15, 0.2) is 0 Å². The van der Waals surface area contributed by atoms with E-state index >= 15 is 0 Å². The van der Waals surface area contributed by atoms with Crippen molar-refractivity contribution >= 4 is 11.7 Å². The molecule has 1 atom stereocenters. The molecule has 0 aliphatic carbocycles. The first-order valence-electron chi connectivity index (χ1n) is 6.73. The Morgan fingerprint density at radius 2 is 2.21 bits per heavy atom. The van der Waals surface area contributed by atoms with Gasteiger partial charge in [-0.1, -0.05) is 0 Å². The van der Waals surface area contributed by atoms with Crippen LogP contribution in [0.3, 0.4) is 0 Å². The smallest absolute Gasteiger partial charge is 0.257 e. The molecule has 1 fully saturated rings. The summed E-state index contributed by atoms with van der Waals surface area (Å²) in [6, 6.07) is 3.57. The van der Waals surface area contributed by atoms with E-state index in [9.17, 15) is 9.90 Å². The van der Waals surface area contributed by atoms with Gasteiger partial charge in [0, 0.05) is 26.3 Å². The van der Waals surface area contributed by atoms with Gasteiger partial charge in [0.05, 0.1) is 11.7 Å². The summed E-state index contributed by atoms with van der Waals surface area (Å²) < 4.78 is 0. The summed E-state index contributed by atoms with van der Waals surface area (Å²) in [7, 11) is 1.76. The maximum atomic E-state index is 12.4. The number of aliphatic hydroxyl groups excluding tert-OH is 1. The largest absolute Gasteiger partial charge is 0.393 e. The quantitative estimate of drug-likeness (QED) is 0.864. The molecular formula is C14H21N3O2. The highest BCUT2D eigenvalue weighted by Crippen LogP contribution is 2.23. The average molecular weight is 263 g/mol. The van der Waals surface area contributed by atoms with Crippen LogP contribution in [0.2, 0.25) is 0 Å². The Kier molecular flexibility index (Phi) is 4.37. The zero-order valence-electron chi connectivity index (χ0n) is 11.5. The van der Waals surface area contributed by atoms with Crippen LogP contribution in [-0.4, -0.2) is 47.1 Å². The topological polar surface area (TPSA) is 65.5 Å². The van der Waals surface area contributed by atoms with Crippen molar-refractivity contribution in [1.82, 2.24) is 9.88 Å². The number of piperidine rings is 1.